The summed E-state index contributed by atoms with van der Waals surface area (Å²) in [6.45, 7) is 0. The molecule has 0 aliphatic heterocycles. The van der Waals surface area contributed by atoms with E-state index in [-0.39, 0.29) is 31.8 Å². The molecule has 17 heavy (non-hydrogen) atoms. The average molecular weight is 312 g/mol. The van der Waals surface area contributed by atoms with Crippen molar-refractivity contribution in [2.75, 3.05) is 0 Å². The summed E-state index contributed by atoms with van der Waals surface area (Å²) in [7, 11) is 0. The first-order chi connectivity index (χ1) is 8.02. The van der Waals surface area contributed by atoms with Gasteiger partial charge < -0.3 is 0 Å². The number of hydrogen-bond acceptors (Lipinski definition) is 1. The first kappa shape index (κ1) is 13.5. The van der Waals surface area contributed by atoms with Crippen LogP contribution in [-0.2, 0) is 0 Å². The Kier molecular flexibility index (Phi) is 4.25. The number of carbonyl (C=O) groups is 1. The third-order valence-electron chi connectivity index (χ3n) is 3.09. The lowest BCUT2D eigenvalue weighted by Crippen LogP contribution is -2.12. The lowest BCUT2D eigenvalue weighted by atomic mass is 9.96. The van der Waals surface area contributed by atoms with Gasteiger partial charge in [-0.2, -0.15) is 0 Å². The van der Waals surface area contributed by atoms with E-state index in [1.54, 1.807) is 0 Å². The lowest BCUT2D eigenvalue weighted by Gasteiger charge is -2.13. The zero-order chi connectivity index (χ0) is 12.6. The van der Waals surface area contributed by atoms with Crippen LogP contribution in [0.5, 0.6) is 0 Å². The third-order valence-corrected chi connectivity index (χ3v) is 4.65. The van der Waals surface area contributed by atoms with Crippen LogP contribution in [0.3, 0.4) is 0 Å². The highest BCUT2D eigenvalue weighted by molar-refractivity contribution is 6.51. The summed E-state index contributed by atoms with van der Waals surface area (Å²) in [5.41, 5.74) is 0.314. The van der Waals surface area contributed by atoms with E-state index in [1.165, 1.54) is 6.07 Å². The minimum absolute atomic E-state index is 0.0160. The number of hydrogen-bond donors (Lipinski definition) is 0. The Hall–Kier alpha value is 0.0500. The fourth-order valence-electron chi connectivity index (χ4n) is 2.18. The minimum atomic E-state index is -0.0175. The van der Waals surface area contributed by atoms with E-state index in [4.69, 9.17) is 46.4 Å². The molecule has 0 aromatic heterocycles. The molecule has 0 saturated heterocycles. The highest BCUT2D eigenvalue weighted by Gasteiger charge is 2.28. The standard InChI is InChI=1S/C12H10Cl4O/c13-7-5-8(14)10(15)11(16)9(7)12(17)6-3-1-2-4-6/h5-6H,1-4H2. The van der Waals surface area contributed by atoms with Gasteiger partial charge in [-0.15, -0.1) is 0 Å². The van der Waals surface area contributed by atoms with Gasteiger partial charge in [-0.3, -0.25) is 4.79 Å². The van der Waals surface area contributed by atoms with Crippen molar-refractivity contribution in [3.63, 3.8) is 0 Å². The molecule has 92 valence electrons. The van der Waals surface area contributed by atoms with Crippen molar-refractivity contribution in [3.05, 3.63) is 31.7 Å². The molecule has 0 atom stereocenters. The van der Waals surface area contributed by atoms with Crippen molar-refractivity contribution >= 4 is 52.2 Å². The van der Waals surface area contributed by atoms with Crippen LogP contribution in [0.2, 0.25) is 20.1 Å². The van der Waals surface area contributed by atoms with Gasteiger partial charge in [-0.05, 0) is 18.9 Å². The molecule has 1 aromatic carbocycles. The molecule has 0 bridgehead atoms. The topological polar surface area (TPSA) is 17.1 Å². The second kappa shape index (κ2) is 5.36. The SMILES string of the molecule is O=C(c1c(Cl)cc(Cl)c(Cl)c1Cl)C1CCCC1. The number of carbonyl (C=O) groups excluding carboxylic acids is 1. The summed E-state index contributed by atoms with van der Waals surface area (Å²) >= 11 is 23.9. The first-order valence-corrected chi connectivity index (χ1v) is 6.90. The van der Waals surface area contributed by atoms with E-state index >= 15 is 0 Å². The Morgan fingerprint density at radius 3 is 2.18 bits per heavy atom. The summed E-state index contributed by atoms with van der Waals surface area (Å²) < 4.78 is 0. The van der Waals surface area contributed by atoms with Crippen molar-refractivity contribution in [2.24, 2.45) is 5.92 Å². The third kappa shape index (κ3) is 2.58. The summed E-state index contributed by atoms with van der Waals surface area (Å²) in [5.74, 6) is -0.00157. The van der Waals surface area contributed by atoms with E-state index in [0.29, 0.717) is 5.56 Å². The van der Waals surface area contributed by atoms with Gasteiger partial charge in [0.05, 0.1) is 25.7 Å². The Morgan fingerprint density at radius 1 is 1.00 bits per heavy atom. The van der Waals surface area contributed by atoms with Crippen molar-refractivity contribution in [3.8, 4) is 0 Å². The smallest absolute Gasteiger partial charge is 0.168 e. The maximum absolute atomic E-state index is 12.3. The van der Waals surface area contributed by atoms with E-state index < -0.39 is 0 Å². The molecule has 0 amide bonds. The zero-order valence-corrected chi connectivity index (χ0v) is 11.9. The fourth-order valence-corrected chi connectivity index (χ4v) is 3.28. The number of rotatable bonds is 2. The maximum atomic E-state index is 12.3. The van der Waals surface area contributed by atoms with Crippen LogP contribution in [0.25, 0.3) is 0 Å². The lowest BCUT2D eigenvalue weighted by molar-refractivity contribution is 0.0923. The number of halogens is 4. The Bertz CT molecular complexity index is 464. The molecule has 5 heteroatoms. The van der Waals surface area contributed by atoms with Crippen LogP contribution < -0.4 is 0 Å². The van der Waals surface area contributed by atoms with Gasteiger partial charge in [0.2, 0.25) is 0 Å². The van der Waals surface area contributed by atoms with Crippen LogP contribution in [0.4, 0.5) is 0 Å². The molecule has 1 aliphatic rings. The quantitative estimate of drug-likeness (QED) is 0.390. The van der Waals surface area contributed by atoms with Crippen molar-refractivity contribution < 1.29 is 4.79 Å². The van der Waals surface area contributed by atoms with Gasteiger partial charge in [0.25, 0.3) is 0 Å². The molecular weight excluding hydrogens is 302 g/mol. The van der Waals surface area contributed by atoms with Crippen molar-refractivity contribution in [1.29, 1.82) is 0 Å². The van der Waals surface area contributed by atoms with Crippen molar-refractivity contribution in [1.82, 2.24) is 0 Å². The average Bonchev–Trinajstić information content (AvgIpc) is 2.79. The molecule has 0 spiro atoms. The second-order valence-corrected chi connectivity index (χ2v) is 5.76. The highest BCUT2D eigenvalue weighted by atomic mass is 35.5. The predicted octanol–water partition coefficient (Wildman–Crippen LogP) is 5.67. The molecule has 0 heterocycles. The molecule has 0 unspecified atom stereocenters. The van der Waals surface area contributed by atoms with Gasteiger partial charge in [0, 0.05) is 5.92 Å². The molecular formula is C12H10Cl4O. The molecule has 1 aromatic rings. The van der Waals surface area contributed by atoms with Crippen LogP contribution in [0.15, 0.2) is 6.07 Å². The number of Topliss-reactive ketones (excluding diaryl/α,β-unsaturated/α-hetero) is 1. The Morgan fingerprint density at radius 2 is 1.59 bits per heavy atom. The predicted molar refractivity (Wildman–Crippen MR) is 72.8 cm³/mol. The van der Waals surface area contributed by atoms with Gasteiger partial charge >= 0.3 is 0 Å². The Labute approximate surface area is 120 Å². The minimum Gasteiger partial charge on any atom is -0.294 e. The van der Waals surface area contributed by atoms with E-state index in [0.717, 1.165) is 25.7 Å². The largest absolute Gasteiger partial charge is 0.294 e. The molecule has 1 saturated carbocycles. The van der Waals surface area contributed by atoms with Gasteiger partial charge in [-0.25, -0.2) is 0 Å². The van der Waals surface area contributed by atoms with Crippen LogP contribution in [0.1, 0.15) is 36.0 Å². The monoisotopic (exact) mass is 310 g/mol. The molecule has 0 N–H and O–H groups in total. The second-order valence-electron chi connectivity index (χ2n) is 4.19. The zero-order valence-electron chi connectivity index (χ0n) is 8.90. The van der Waals surface area contributed by atoms with Crippen LogP contribution >= 0.6 is 46.4 Å². The molecule has 1 nitrogen and oxygen atoms in total. The normalized spacial score (nSPS) is 16.5. The number of benzene rings is 1. The first-order valence-electron chi connectivity index (χ1n) is 5.39. The van der Waals surface area contributed by atoms with Gasteiger partial charge in [-0.1, -0.05) is 59.2 Å². The van der Waals surface area contributed by atoms with Crippen LogP contribution in [0, 0.1) is 5.92 Å². The molecule has 2 rings (SSSR count). The van der Waals surface area contributed by atoms with Crippen molar-refractivity contribution in [2.45, 2.75) is 25.7 Å². The summed E-state index contributed by atoms with van der Waals surface area (Å²) in [6, 6.07) is 1.47. The highest BCUT2D eigenvalue weighted by Crippen LogP contribution is 2.40. The van der Waals surface area contributed by atoms with Gasteiger partial charge in [0.15, 0.2) is 5.78 Å². The van der Waals surface area contributed by atoms with Gasteiger partial charge in [0.1, 0.15) is 0 Å². The molecule has 1 aliphatic carbocycles. The fraction of sp³-hybridized carbons (Fsp3) is 0.417. The van der Waals surface area contributed by atoms with E-state index in [2.05, 4.69) is 0 Å². The molecule has 0 radical (unpaired) electrons. The number of ketones is 1. The summed E-state index contributed by atoms with van der Waals surface area (Å²) in [4.78, 5) is 12.3. The Balaban J connectivity index is 2.44. The van der Waals surface area contributed by atoms with Crippen LogP contribution in [-0.4, -0.2) is 5.78 Å². The summed E-state index contributed by atoms with van der Waals surface area (Å²) in [6.07, 6.45) is 3.94. The van der Waals surface area contributed by atoms with E-state index in [1.807, 2.05) is 0 Å². The summed E-state index contributed by atoms with van der Waals surface area (Å²) in [5, 5.41) is 0.908. The van der Waals surface area contributed by atoms with E-state index in [9.17, 15) is 4.79 Å². The maximum Gasteiger partial charge on any atom is 0.168 e. The molecule has 1 fully saturated rings.